The van der Waals surface area contributed by atoms with E-state index < -0.39 is 70.3 Å². The molecule has 1 aromatic carbocycles. The quantitative estimate of drug-likeness (QED) is 0.497. The first kappa shape index (κ1) is 29.0. The van der Waals surface area contributed by atoms with Crippen molar-refractivity contribution in [2.75, 3.05) is 6.61 Å². The smallest absolute Gasteiger partial charge is 0.343 e. The monoisotopic (exact) mass is 580 g/mol. The normalized spacial score (nSPS) is 40.9. The van der Waals surface area contributed by atoms with E-state index in [4.69, 9.17) is 18.9 Å². The minimum atomic E-state index is -2.09. The van der Waals surface area contributed by atoms with E-state index in [2.05, 4.69) is 0 Å². The number of halogens is 1. The van der Waals surface area contributed by atoms with Gasteiger partial charge in [-0.3, -0.25) is 9.59 Å². The molecule has 1 aromatic rings. The summed E-state index contributed by atoms with van der Waals surface area (Å²) in [6.45, 7) is 7.81. The van der Waals surface area contributed by atoms with Crippen LogP contribution < -0.4 is 0 Å². The van der Waals surface area contributed by atoms with E-state index in [-0.39, 0.29) is 12.3 Å². The zero-order valence-corrected chi connectivity index (χ0v) is 24.5. The van der Waals surface area contributed by atoms with Crippen LogP contribution in [0.1, 0.15) is 64.2 Å². The number of aliphatic hydroxyl groups excluding tert-OH is 1. The SMILES string of the molecule is CC(=O)OCC(=O)[C@@]12OC(C)(C)O[C@@H]1C[C@H]1[C@@H]3CC=C4C=C(OC(=O)c5ccccc5)C=C[C@]4(C)[C@@]3(F)[C@@H](O)C[C@@]12C. The minimum Gasteiger partial charge on any atom is -0.458 e. The van der Waals surface area contributed by atoms with Gasteiger partial charge in [0.2, 0.25) is 5.78 Å². The third-order valence-corrected chi connectivity index (χ3v) is 10.5. The van der Waals surface area contributed by atoms with Gasteiger partial charge in [-0.2, -0.15) is 0 Å². The maximum atomic E-state index is 17.8. The predicted molar refractivity (Wildman–Crippen MR) is 148 cm³/mol. The van der Waals surface area contributed by atoms with Gasteiger partial charge in [-0.1, -0.05) is 37.3 Å². The Morgan fingerprint density at radius 2 is 1.81 bits per heavy atom. The number of alkyl halides is 1. The number of ketones is 1. The highest BCUT2D eigenvalue weighted by molar-refractivity contribution is 5.92. The predicted octanol–water partition coefficient (Wildman–Crippen LogP) is 4.77. The molecule has 8 atom stereocenters. The Kier molecular flexibility index (Phi) is 6.50. The third-order valence-electron chi connectivity index (χ3n) is 10.5. The van der Waals surface area contributed by atoms with Gasteiger partial charge in [-0.15, -0.1) is 0 Å². The molecule has 3 fully saturated rings. The number of benzene rings is 1. The lowest BCUT2D eigenvalue weighted by Gasteiger charge is -2.61. The van der Waals surface area contributed by atoms with Gasteiger partial charge in [-0.25, -0.2) is 9.18 Å². The van der Waals surface area contributed by atoms with E-state index in [1.165, 1.54) is 6.92 Å². The number of allylic oxidation sites excluding steroid dienone is 5. The lowest BCUT2D eigenvalue weighted by molar-refractivity contribution is -0.243. The van der Waals surface area contributed by atoms with E-state index in [1.54, 1.807) is 69.3 Å². The zero-order chi connectivity index (χ0) is 30.3. The average molecular weight is 581 g/mol. The Balaban J connectivity index is 1.35. The van der Waals surface area contributed by atoms with E-state index >= 15 is 4.39 Å². The molecular formula is C33H37FO8. The molecule has 0 unspecified atom stereocenters. The van der Waals surface area contributed by atoms with Crippen LogP contribution in [0.3, 0.4) is 0 Å². The summed E-state index contributed by atoms with van der Waals surface area (Å²) in [5, 5.41) is 11.8. The van der Waals surface area contributed by atoms with Gasteiger partial charge in [0.1, 0.15) is 5.76 Å². The first-order valence-corrected chi connectivity index (χ1v) is 14.5. The Labute approximate surface area is 244 Å². The molecule has 8 nitrogen and oxygen atoms in total. The second-order valence-electron chi connectivity index (χ2n) is 13.1. The van der Waals surface area contributed by atoms with Gasteiger partial charge >= 0.3 is 11.9 Å². The molecule has 0 amide bonds. The van der Waals surface area contributed by atoms with Crippen molar-refractivity contribution in [3.05, 3.63) is 71.5 Å². The molecule has 0 radical (unpaired) electrons. The summed E-state index contributed by atoms with van der Waals surface area (Å²) in [5.74, 6) is -3.39. The Morgan fingerprint density at radius 1 is 1.10 bits per heavy atom. The van der Waals surface area contributed by atoms with Crippen LogP contribution in [0.2, 0.25) is 0 Å². The van der Waals surface area contributed by atoms with Crippen LogP contribution in [0, 0.1) is 22.7 Å². The number of rotatable bonds is 5. The van der Waals surface area contributed by atoms with Crippen LogP contribution in [0.15, 0.2) is 66.0 Å². The highest BCUT2D eigenvalue weighted by atomic mass is 19.1. The Morgan fingerprint density at radius 3 is 2.50 bits per heavy atom. The molecule has 0 spiro atoms. The van der Waals surface area contributed by atoms with Gasteiger partial charge in [0.25, 0.3) is 0 Å². The molecule has 5 aliphatic rings. The molecule has 1 heterocycles. The summed E-state index contributed by atoms with van der Waals surface area (Å²) in [7, 11) is 0. The number of ether oxygens (including phenoxy) is 4. The maximum absolute atomic E-state index is 17.8. The van der Waals surface area contributed by atoms with E-state index in [1.807, 2.05) is 13.0 Å². The third kappa shape index (κ3) is 3.86. The molecule has 224 valence electrons. The van der Waals surface area contributed by atoms with E-state index in [0.717, 1.165) is 0 Å². The fourth-order valence-corrected chi connectivity index (χ4v) is 8.64. The van der Waals surface area contributed by atoms with Gasteiger partial charge in [0, 0.05) is 23.7 Å². The number of hydrogen-bond acceptors (Lipinski definition) is 8. The van der Waals surface area contributed by atoms with Crippen molar-refractivity contribution in [3.8, 4) is 0 Å². The number of aliphatic hydroxyl groups is 1. The number of fused-ring (bicyclic) bond motifs is 7. The van der Waals surface area contributed by atoms with Crippen molar-refractivity contribution < 1.29 is 42.8 Å². The Bertz CT molecular complexity index is 1430. The van der Waals surface area contributed by atoms with Crippen LogP contribution in [-0.4, -0.2) is 58.7 Å². The highest BCUT2D eigenvalue weighted by Crippen LogP contribution is 2.71. The molecule has 4 aliphatic carbocycles. The van der Waals surface area contributed by atoms with Gasteiger partial charge in [0.05, 0.1) is 17.8 Å². The standard InChI is InChI=1S/C33H37FO8/c1-19(35)39-18-26(37)33-27(41-29(2,3)42-33)16-24-23-12-11-21-15-22(40-28(38)20-9-7-6-8-10-20)13-14-30(21,4)32(23,34)25(36)17-31(24,33)5/h6-11,13-15,23-25,27,36H,12,16-18H2,1-5H3/t23-,24-,25-,27+,30-,31-,32-,33+/m0/s1. The highest BCUT2D eigenvalue weighted by Gasteiger charge is 2.79. The van der Waals surface area contributed by atoms with E-state index in [9.17, 15) is 19.5 Å². The van der Waals surface area contributed by atoms with Crippen LogP contribution in [0.5, 0.6) is 0 Å². The van der Waals surface area contributed by atoms with Crippen molar-refractivity contribution in [1.82, 2.24) is 0 Å². The summed E-state index contributed by atoms with van der Waals surface area (Å²) in [4.78, 5) is 38.1. The summed E-state index contributed by atoms with van der Waals surface area (Å²) in [5.41, 5.74) is -4.78. The second-order valence-corrected chi connectivity index (χ2v) is 13.1. The number of carbonyl (C=O) groups is 3. The number of carbonyl (C=O) groups excluding carboxylic acids is 3. The zero-order valence-electron chi connectivity index (χ0n) is 24.5. The van der Waals surface area contributed by atoms with Crippen molar-refractivity contribution in [2.45, 2.75) is 83.1 Å². The first-order chi connectivity index (χ1) is 19.7. The molecule has 1 saturated heterocycles. The van der Waals surface area contributed by atoms with Gasteiger partial charge in [-0.05, 0) is 75.8 Å². The summed E-state index contributed by atoms with van der Waals surface area (Å²) >= 11 is 0. The first-order valence-electron chi connectivity index (χ1n) is 14.5. The fourth-order valence-electron chi connectivity index (χ4n) is 8.64. The maximum Gasteiger partial charge on any atom is 0.343 e. The molecule has 1 N–H and O–H groups in total. The fraction of sp³-hybridized carbons (Fsp3) is 0.545. The largest absolute Gasteiger partial charge is 0.458 e. The van der Waals surface area contributed by atoms with Crippen LogP contribution in [0.25, 0.3) is 0 Å². The molecule has 0 aromatic heterocycles. The van der Waals surface area contributed by atoms with Crippen LogP contribution in [0.4, 0.5) is 4.39 Å². The molecule has 2 saturated carbocycles. The molecule has 6 rings (SSSR count). The second kappa shape index (κ2) is 9.43. The van der Waals surface area contributed by atoms with Crippen molar-refractivity contribution >= 4 is 17.7 Å². The molecular weight excluding hydrogens is 543 g/mol. The van der Waals surface area contributed by atoms with Crippen molar-refractivity contribution in [1.29, 1.82) is 0 Å². The molecule has 1 aliphatic heterocycles. The number of hydrogen-bond donors (Lipinski definition) is 1. The summed E-state index contributed by atoms with van der Waals surface area (Å²) < 4.78 is 41.2. The average Bonchev–Trinajstić information content (AvgIpc) is 3.34. The Hall–Kier alpha value is -3.14. The summed E-state index contributed by atoms with van der Waals surface area (Å²) in [6, 6.07) is 8.61. The minimum absolute atomic E-state index is 0.0529. The number of esters is 2. The van der Waals surface area contributed by atoms with Gasteiger partial charge in [0.15, 0.2) is 23.7 Å². The molecule has 0 bridgehead atoms. The van der Waals surface area contributed by atoms with Gasteiger partial charge < -0.3 is 24.1 Å². The van der Waals surface area contributed by atoms with Crippen molar-refractivity contribution in [2.24, 2.45) is 22.7 Å². The topological polar surface area (TPSA) is 108 Å². The lowest BCUT2D eigenvalue weighted by Crippen LogP contribution is -2.69. The van der Waals surface area contributed by atoms with Crippen molar-refractivity contribution in [3.63, 3.8) is 0 Å². The van der Waals surface area contributed by atoms with Crippen LogP contribution >= 0.6 is 0 Å². The lowest BCUT2D eigenvalue weighted by atomic mass is 9.45. The number of Topliss-reactive ketones (excluding diaryl/α,β-unsaturated/α-hetero) is 1. The van der Waals surface area contributed by atoms with Crippen LogP contribution in [-0.2, 0) is 28.5 Å². The molecule has 42 heavy (non-hydrogen) atoms. The van der Waals surface area contributed by atoms with E-state index in [0.29, 0.717) is 29.7 Å². The summed E-state index contributed by atoms with van der Waals surface area (Å²) in [6.07, 6.45) is 5.33. The molecule has 9 heteroatoms.